The van der Waals surface area contributed by atoms with Crippen molar-refractivity contribution in [2.24, 2.45) is 0 Å². The van der Waals surface area contributed by atoms with Crippen LogP contribution in [0.4, 0.5) is 9.93 Å². The number of amides is 1. The summed E-state index contributed by atoms with van der Waals surface area (Å²) in [5, 5.41) is 5.37. The van der Waals surface area contributed by atoms with Gasteiger partial charge in [0.1, 0.15) is 18.4 Å². The van der Waals surface area contributed by atoms with Gasteiger partial charge in [-0.15, -0.1) is 11.3 Å². The number of nitrogens with one attached hydrogen (secondary N) is 1. The fourth-order valence-electron chi connectivity index (χ4n) is 3.30. The lowest BCUT2D eigenvalue weighted by molar-refractivity contribution is -0.112. The molecule has 3 heterocycles. The number of ether oxygens (including phenoxy) is 1. The molecule has 2 saturated heterocycles. The Kier molecular flexibility index (Phi) is 5.12. The molecule has 0 saturated carbocycles. The molecular weight excluding hydrogens is 370 g/mol. The number of aromatic nitrogens is 1. The third kappa shape index (κ3) is 3.86. The van der Waals surface area contributed by atoms with E-state index in [1.54, 1.807) is 11.3 Å². The molecule has 2 aliphatic rings. The van der Waals surface area contributed by atoms with E-state index in [4.69, 9.17) is 4.74 Å². The first-order valence-corrected chi connectivity index (χ1v) is 10.3. The van der Waals surface area contributed by atoms with Crippen LogP contribution in [0.25, 0.3) is 0 Å². The summed E-state index contributed by atoms with van der Waals surface area (Å²) >= 11 is 2.41. The molecule has 1 aromatic heterocycles. The van der Waals surface area contributed by atoms with Crippen molar-refractivity contribution >= 4 is 38.6 Å². The highest BCUT2D eigenvalue weighted by molar-refractivity contribution is 8.26. The average molecular weight is 390 g/mol. The summed E-state index contributed by atoms with van der Waals surface area (Å²) in [6.45, 7) is 1.66. The normalized spacial score (nSPS) is 22.7. The number of rotatable bonds is 6. The van der Waals surface area contributed by atoms with Crippen LogP contribution in [-0.2, 0) is 11.2 Å². The predicted octanol–water partition coefficient (Wildman–Crippen LogP) is 3.09. The molecule has 0 aliphatic carbocycles. The van der Waals surface area contributed by atoms with Crippen molar-refractivity contribution < 1.29 is 14.3 Å². The van der Waals surface area contributed by atoms with E-state index in [9.17, 15) is 9.59 Å². The van der Waals surface area contributed by atoms with Gasteiger partial charge < -0.3 is 15.0 Å². The van der Waals surface area contributed by atoms with Crippen LogP contribution in [-0.4, -0.2) is 40.6 Å². The maximum absolute atomic E-state index is 11.7. The summed E-state index contributed by atoms with van der Waals surface area (Å²) in [6, 6.07) is 7.67. The van der Waals surface area contributed by atoms with Gasteiger partial charge in [-0.2, -0.15) is 0 Å². The van der Waals surface area contributed by atoms with E-state index < -0.39 is 6.04 Å². The molecule has 0 radical (unpaired) electrons. The van der Waals surface area contributed by atoms with E-state index in [1.165, 1.54) is 0 Å². The minimum Gasteiger partial charge on any atom is -0.491 e. The SMILES string of the molecule is O=C1NC(Cc2ccc(OC[C@@H]3CCCN3c3nccs3)cc2)C(=O)S1. The highest BCUT2D eigenvalue weighted by atomic mass is 32.2. The van der Waals surface area contributed by atoms with E-state index in [-0.39, 0.29) is 10.4 Å². The second-order valence-electron chi connectivity index (χ2n) is 6.37. The molecule has 0 spiro atoms. The minimum atomic E-state index is -0.426. The van der Waals surface area contributed by atoms with Crippen molar-refractivity contribution in [3.63, 3.8) is 0 Å². The Morgan fingerprint density at radius 3 is 2.81 bits per heavy atom. The predicted molar refractivity (Wildman–Crippen MR) is 103 cm³/mol. The van der Waals surface area contributed by atoms with Crippen LogP contribution in [0.15, 0.2) is 35.8 Å². The number of hydrogen-bond donors (Lipinski definition) is 1. The summed E-state index contributed by atoms with van der Waals surface area (Å²) in [5.74, 6) is 0.816. The zero-order chi connectivity index (χ0) is 17.9. The molecule has 0 bridgehead atoms. The van der Waals surface area contributed by atoms with Crippen LogP contribution in [0.5, 0.6) is 5.75 Å². The molecule has 1 amide bonds. The Morgan fingerprint density at radius 2 is 2.12 bits per heavy atom. The Labute approximate surface area is 159 Å². The summed E-state index contributed by atoms with van der Waals surface area (Å²) < 4.78 is 5.98. The number of thioether (sulfide) groups is 1. The zero-order valence-electron chi connectivity index (χ0n) is 14.1. The lowest BCUT2D eigenvalue weighted by Crippen LogP contribution is -2.34. The third-order valence-electron chi connectivity index (χ3n) is 4.62. The number of benzene rings is 1. The van der Waals surface area contributed by atoms with Gasteiger partial charge in [0.25, 0.3) is 5.24 Å². The van der Waals surface area contributed by atoms with Gasteiger partial charge in [-0.25, -0.2) is 4.98 Å². The molecule has 1 aromatic carbocycles. The lowest BCUT2D eigenvalue weighted by Gasteiger charge is -2.24. The maximum atomic E-state index is 11.7. The fraction of sp³-hybridized carbons (Fsp3) is 0.389. The van der Waals surface area contributed by atoms with Gasteiger partial charge in [-0.05, 0) is 30.5 Å². The van der Waals surface area contributed by atoms with E-state index in [0.717, 1.165) is 47.6 Å². The molecule has 2 aliphatic heterocycles. The Morgan fingerprint density at radius 1 is 1.27 bits per heavy atom. The van der Waals surface area contributed by atoms with Crippen LogP contribution < -0.4 is 15.0 Å². The summed E-state index contributed by atoms with van der Waals surface area (Å²) in [5.41, 5.74) is 1.00. The zero-order valence-corrected chi connectivity index (χ0v) is 15.7. The standard InChI is InChI=1S/C18H19N3O3S2/c22-16-15(20-18(23)26-16)10-12-3-5-14(6-4-12)24-11-13-2-1-8-21(13)17-19-7-9-25-17/h3-7,9,13,15H,1-2,8,10-11H2,(H,20,23)/t13-,15?/m0/s1. The van der Waals surface area contributed by atoms with E-state index >= 15 is 0 Å². The number of carbonyl (C=O) groups excluding carboxylic acids is 2. The number of nitrogens with zero attached hydrogens (tertiary/aromatic N) is 2. The van der Waals surface area contributed by atoms with Crippen molar-refractivity contribution in [3.8, 4) is 5.75 Å². The van der Waals surface area contributed by atoms with Gasteiger partial charge >= 0.3 is 0 Å². The first-order chi connectivity index (χ1) is 12.7. The summed E-state index contributed by atoms with van der Waals surface area (Å²) in [6.07, 6.45) is 4.62. The lowest BCUT2D eigenvalue weighted by atomic mass is 10.1. The first kappa shape index (κ1) is 17.4. The second kappa shape index (κ2) is 7.67. The van der Waals surface area contributed by atoms with Crippen LogP contribution in [0.1, 0.15) is 18.4 Å². The minimum absolute atomic E-state index is 0.112. The van der Waals surface area contributed by atoms with Crippen LogP contribution in [0.3, 0.4) is 0 Å². The van der Waals surface area contributed by atoms with Gasteiger partial charge in [0.2, 0.25) is 5.12 Å². The van der Waals surface area contributed by atoms with Gasteiger partial charge in [-0.3, -0.25) is 9.59 Å². The topological polar surface area (TPSA) is 71.5 Å². The van der Waals surface area contributed by atoms with Crippen molar-refractivity contribution in [1.29, 1.82) is 0 Å². The molecule has 1 N–H and O–H groups in total. The highest BCUT2D eigenvalue weighted by Gasteiger charge is 2.31. The van der Waals surface area contributed by atoms with E-state index in [1.807, 2.05) is 35.8 Å². The highest BCUT2D eigenvalue weighted by Crippen LogP contribution is 2.28. The van der Waals surface area contributed by atoms with Crippen LogP contribution >= 0.6 is 23.1 Å². The van der Waals surface area contributed by atoms with Crippen LogP contribution in [0.2, 0.25) is 0 Å². The molecule has 2 fully saturated rings. The largest absolute Gasteiger partial charge is 0.491 e. The summed E-state index contributed by atoms with van der Waals surface area (Å²) in [4.78, 5) is 29.6. The molecule has 6 nitrogen and oxygen atoms in total. The maximum Gasteiger partial charge on any atom is 0.287 e. The molecule has 1 unspecified atom stereocenters. The van der Waals surface area contributed by atoms with Gasteiger partial charge in [0.05, 0.1) is 6.04 Å². The fourth-order valence-corrected chi connectivity index (χ4v) is 4.71. The molecule has 136 valence electrons. The molecule has 4 rings (SSSR count). The molecule has 8 heteroatoms. The van der Waals surface area contributed by atoms with Gasteiger partial charge in [0.15, 0.2) is 5.13 Å². The first-order valence-electron chi connectivity index (χ1n) is 8.59. The summed E-state index contributed by atoms with van der Waals surface area (Å²) in [7, 11) is 0. The third-order valence-corrected chi connectivity index (χ3v) is 6.22. The van der Waals surface area contributed by atoms with Crippen molar-refractivity contribution in [2.75, 3.05) is 18.1 Å². The average Bonchev–Trinajstić information content (AvgIpc) is 3.36. The number of carbonyl (C=O) groups is 2. The van der Waals surface area contributed by atoms with E-state index in [0.29, 0.717) is 19.1 Å². The molecular formula is C18H19N3O3S2. The molecule has 2 atom stereocenters. The van der Waals surface area contributed by atoms with Gasteiger partial charge in [0, 0.05) is 36.3 Å². The number of thiazole rings is 1. The smallest absolute Gasteiger partial charge is 0.287 e. The quantitative estimate of drug-likeness (QED) is 0.819. The second-order valence-corrected chi connectivity index (χ2v) is 8.22. The number of hydrogen-bond acceptors (Lipinski definition) is 7. The Hall–Kier alpha value is -2.06. The number of anilines is 1. The Bertz CT molecular complexity index is 779. The van der Waals surface area contributed by atoms with Crippen molar-refractivity contribution in [2.45, 2.75) is 31.3 Å². The molecule has 2 aromatic rings. The monoisotopic (exact) mass is 389 g/mol. The van der Waals surface area contributed by atoms with Crippen LogP contribution in [0, 0.1) is 0 Å². The van der Waals surface area contributed by atoms with Gasteiger partial charge in [-0.1, -0.05) is 12.1 Å². The van der Waals surface area contributed by atoms with Crippen molar-refractivity contribution in [1.82, 2.24) is 10.3 Å². The van der Waals surface area contributed by atoms with E-state index in [2.05, 4.69) is 15.2 Å². The molecule has 26 heavy (non-hydrogen) atoms. The Balaban J connectivity index is 1.32. The van der Waals surface area contributed by atoms with Crippen molar-refractivity contribution in [3.05, 3.63) is 41.4 Å².